The first-order chi connectivity index (χ1) is 16.5. The van der Waals surface area contributed by atoms with Crippen LogP contribution < -0.4 is 0 Å². The van der Waals surface area contributed by atoms with Crippen LogP contribution in [0.2, 0.25) is 18.1 Å². The number of hydrogen-bond acceptors (Lipinski definition) is 5. The molecule has 6 heteroatoms. The van der Waals surface area contributed by atoms with Gasteiger partial charge in [-0.05, 0) is 63.1 Å². The van der Waals surface area contributed by atoms with E-state index >= 15 is 0 Å². The number of unbranched alkanes of at least 4 members (excludes halogenated alkanes) is 7. The minimum atomic E-state index is -1.72. The molecule has 0 saturated carbocycles. The van der Waals surface area contributed by atoms with Crippen molar-refractivity contribution in [2.45, 2.75) is 179 Å². The summed E-state index contributed by atoms with van der Waals surface area (Å²) in [7, 11) is -1.72. The van der Waals surface area contributed by atoms with Crippen molar-refractivity contribution in [3.05, 3.63) is 0 Å². The Morgan fingerprint density at radius 2 is 1.20 bits per heavy atom. The molecule has 2 aliphatic heterocycles. The Hall–Kier alpha value is 0.0169. The molecular formula is C29H58O5Si. The highest BCUT2D eigenvalue weighted by Gasteiger charge is 2.41. The quantitative estimate of drug-likeness (QED) is 0.159. The summed E-state index contributed by atoms with van der Waals surface area (Å²) < 4.78 is 18.8. The Kier molecular flexibility index (Phi) is 13.8. The molecule has 0 bridgehead atoms. The van der Waals surface area contributed by atoms with Gasteiger partial charge in [-0.3, -0.25) is 0 Å². The van der Waals surface area contributed by atoms with Crippen LogP contribution >= 0.6 is 0 Å². The fourth-order valence-electron chi connectivity index (χ4n) is 5.19. The normalized spacial score (nSPS) is 27.4. The SMILES string of the molecule is CCCCCCCCCC[C@@H](O)[C@H]1CC[C@@H]([C@H]2CC[C@H]([C@H](O)CCCO[Si](C)(C)C(C)(C)C)O2)O1. The molecule has 6 atom stereocenters. The van der Waals surface area contributed by atoms with Crippen LogP contribution in [0.5, 0.6) is 0 Å². The molecular weight excluding hydrogens is 456 g/mol. The van der Waals surface area contributed by atoms with Gasteiger partial charge in [-0.1, -0.05) is 79.1 Å². The minimum absolute atomic E-state index is 0.0513. The molecule has 0 aliphatic carbocycles. The van der Waals surface area contributed by atoms with Gasteiger partial charge >= 0.3 is 0 Å². The standard InChI is InChI=1S/C29H58O5Si/c1-7-8-9-10-11-12-13-14-16-23(30)25-18-20-27(33-25)28-21-19-26(34-28)24(31)17-15-22-32-35(5,6)29(2,3)4/h23-28,30-31H,7-22H2,1-6H3/t23-,24-,25-,26-,27+,28-/m1/s1. The van der Waals surface area contributed by atoms with Gasteiger partial charge in [0.15, 0.2) is 8.32 Å². The first-order valence-electron chi connectivity index (χ1n) is 14.9. The van der Waals surface area contributed by atoms with E-state index in [1.54, 1.807) is 0 Å². The summed E-state index contributed by atoms with van der Waals surface area (Å²) in [5.74, 6) is 0. The monoisotopic (exact) mass is 514 g/mol. The van der Waals surface area contributed by atoms with E-state index in [1.807, 2.05) is 0 Å². The van der Waals surface area contributed by atoms with Gasteiger partial charge in [-0.2, -0.15) is 0 Å². The summed E-state index contributed by atoms with van der Waals surface area (Å²) in [6, 6.07) is 0. The highest BCUT2D eigenvalue weighted by atomic mass is 28.4. The van der Waals surface area contributed by atoms with Crippen molar-refractivity contribution in [3.63, 3.8) is 0 Å². The minimum Gasteiger partial charge on any atom is -0.417 e. The third kappa shape index (κ3) is 10.7. The zero-order chi connectivity index (χ0) is 25.9. The van der Waals surface area contributed by atoms with Crippen LogP contribution in [0.1, 0.15) is 124 Å². The molecule has 2 aliphatic rings. The molecule has 0 unspecified atom stereocenters. The van der Waals surface area contributed by atoms with Gasteiger partial charge in [-0.25, -0.2) is 0 Å². The van der Waals surface area contributed by atoms with Crippen molar-refractivity contribution in [3.8, 4) is 0 Å². The molecule has 0 aromatic rings. The third-order valence-electron chi connectivity index (χ3n) is 8.71. The van der Waals surface area contributed by atoms with E-state index < -0.39 is 14.4 Å². The van der Waals surface area contributed by atoms with Gasteiger partial charge in [0, 0.05) is 6.61 Å². The van der Waals surface area contributed by atoms with Crippen molar-refractivity contribution in [2.75, 3.05) is 6.61 Å². The highest BCUT2D eigenvalue weighted by molar-refractivity contribution is 6.74. The molecule has 2 N–H and O–H groups in total. The Morgan fingerprint density at radius 1 is 0.743 bits per heavy atom. The molecule has 5 nitrogen and oxygen atoms in total. The lowest BCUT2D eigenvalue weighted by Crippen LogP contribution is -2.41. The van der Waals surface area contributed by atoms with E-state index in [4.69, 9.17) is 13.9 Å². The molecule has 2 saturated heterocycles. The molecule has 35 heavy (non-hydrogen) atoms. The van der Waals surface area contributed by atoms with Crippen molar-refractivity contribution < 1.29 is 24.1 Å². The lowest BCUT2D eigenvalue weighted by atomic mass is 10.0. The smallest absolute Gasteiger partial charge is 0.191 e. The molecule has 2 heterocycles. The second-order valence-electron chi connectivity index (χ2n) is 12.7. The maximum absolute atomic E-state index is 10.7. The van der Waals surface area contributed by atoms with Crippen molar-refractivity contribution in [1.29, 1.82) is 0 Å². The van der Waals surface area contributed by atoms with Crippen molar-refractivity contribution >= 4 is 8.32 Å². The van der Waals surface area contributed by atoms with Crippen LogP contribution in [-0.4, -0.2) is 61.8 Å². The number of ether oxygens (including phenoxy) is 2. The Morgan fingerprint density at radius 3 is 1.69 bits per heavy atom. The van der Waals surface area contributed by atoms with E-state index in [0.29, 0.717) is 6.61 Å². The fraction of sp³-hybridized carbons (Fsp3) is 1.00. The predicted molar refractivity (Wildman–Crippen MR) is 147 cm³/mol. The summed E-state index contributed by atoms with van der Waals surface area (Å²) in [5.41, 5.74) is 0. The maximum atomic E-state index is 10.7. The zero-order valence-electron chi connectivity index (χ0n) is 23.9. The predicted octanol–water partition coefficient (Wildman–Crippen LogP) is 7.14. The van der Waals surface area contributed by atoms with E-state index in [-0.39, 0.29) is 35.6 Å². The van der Waals surface area contributed by atoms with E-state index in [1.165, 1.54) is 44.9 Å². The van der Waals surface area contributed by atoms with Gasteiger partial charge in [-0.15, -0.1) is 0 Å². The van der Waals surface area contributed by atoms with Gasteiger partial charge in [0.1, 0.15) is 0 Å². The lowest BCUT2D eigenvalue weighted by Gasteiger charge is -2.36. The largest absolute Gasteiger partial charge is 0.417 e. The van der Waals surface area contributed by atoms with Gasteiger partial charge in [0.05, 0.1) is 36.6 Å². The fourth-order valence-corrected chi connectivity index (χ4v) is 6.27. The molecule has 208 valence electrons. The van der Waals surface area contributed by atoms with Crippen LogP contribution in [-0.2, 0) is 13.9 Å². The average Bonchev–Trinajstić information content (AvgIpc) is 3.47. The summed E-state index contributed by atoms with van der Waals surface area (Å²) >= 11 is 0. The summed E-state index contributed by atoms with van der Waals surface area (Å²) in [6.45, 7) is 14.3. The Balaban J connectivity index is 1.58. The van der Waals surface area contributed by atoms with Crippen LogP contribution in [0.15, 0.2) is 0 Å². The van der Waals surface area contributed by atoms with E-state index in [0.717, 1.165) is 51.4 Å². The molecule has 2 fully saturated rings. The van der Waals surface area contributed by atoms with Crippen LogP contribution in [0.4, 0.5) is 0 Å². The molecule has 0 aromatic heterocycles. The van der Waals surface area contributed by atoms with E-state index in [2.05, 4.69) is 40.8 Å². The molecule has 0 spiro atoms. The summed E-state index contributed by atoms with van der Waals surface area (Å²) in [4.78, 5) is 0. The van der Waals surface area contributed by atoms with Gasteiger partial charge in [0.25, 0.3) is 0 Å². The Labute approximate surface area is 217 Å². The molecule has 0 amide bonds. The second kappa shape index (κ2) is 15.4. The van der Waals surface area contributed by atoms with Crippen molar-refractivity contribution in [2.24, 2.45) is 0 Å². The Bertz CT molecular complexity index is 564. The molecule has 0 radical (unpaired) electrons. The maximum Gasteiger partial charge on any atom is 0.191 e. The van der Waals surface area contributed by atoms with Crippen LogP contribution in [0.3, 0.4) is 0 Å². The third-order valence-corrected chi connectivity index (χ3v) is 13.2. The molecule has 2 rings (SSSR count). The number of aliphatic hydroxyl groups excluding tert-OH is 2. The first kappa shape index (κ1) is 31.2. The summed E-state index contributed by atoms with van der Waals surface area (Å²) in [5, 5.41) is 21.5. The van der Waals surface area contributed by atoms with Crippen molar-refractivity contribution in [1.82, 2.24) is 0 Å². The first-order valence-corrected chi connectivity index (χ1v) is 17.8. The van der Waals surface area contributed by atoms with Crippen LogP contribution in [0, 0.1) is 0 Å². The van der Waals surface area contributed by atoms with E-state index in [9.17, 15) is 10.2 Å². The number of aliphatic hydroxyl groups is 2. The van der Waals surface area contributed by atoms with Gasteiger partial charge in [0.2, 0.25) is 0 Å². The molecule has 0 aromatic carbocycles. The van der Waals surface area contributed by atoms with Gasteiger partial charge < -0.3 is 24.1 Å². The lowest BCUT2D eigenvalue weighted by molar-refractivity contribution is -0.110. The topological polar surface area (TPSA) is 68.2 Å². The number of rotatable bonds is 17. The highest BCUT2D eigenvalue weighted by Crippen LogP contribution is 2.37. The zero-order valence-corrected chi connectivity index (χ0v) is 24.9. The second-order valence-corrected chi connectivity index (χ2v) is 17.5. The van der Waals surface area contributed by atoms with Crippen LogP contribution in [0.25, 0.3) is 0 Å². The average molecular weight is 515 g/mol. The summed E-state index contributed by atoms with van der Waals surface area (Å²) in [6.07, 6.45) is 15.6. The number of hydrogen-bond donors (Lipinski definition) is 2.